The molecule has 0 saturated carbocycles. The minimum absolute atomic E-state index is 0.120. The van der Waals surface area contributed by atoms with Gasteiger partial charge in [0.25, 0.3) is 0 Å². The number of aromatic nitrogens is 1. The number of carboxylic acids is 1. The molecule has 4 atom stereocenters. The number of fused-ring (bicyclic) bond motifs is 1. The van der Waals surface area contributed by atoms with Crippen LogP contribution in [0.3, 0.4) is 0 Å². The van der Waals surface area contributed by atoms with E-state index in [1.807, 2.05) is 91.2 Å². The fourth-order valence-electron chi connectivity index (χ4n) is 5.07. The van der Waals surface area contributed by atoms with Crippen LogP contribution in [0.4, 0.5) is 0 Å². The van der Waals surface area contributed by atoms with Crippen LogP contribution in [-0.2, 0) is 38.4 Å². The first-order valence-corrected chi connectivity index (χ1v) is 16.2. The molecule has 7 N–H and O–H groups in total. The summed E-state index contributed by atoms with van der Waals surface area (Å²) in [5.41, 5.74) is 9.60. The number of nitrogens with one attached hydrogen (secondary N) is 4. The zero-order valence-electron chi connectivity index (χ0n) is 25.1. The van der Waals surface area contributed by atoms with Crippen molar-refractivity contribution in [1.82, 2.24) is 20.9 Å². The van der Waals surface area contributed by atoms with E-state index in [1.54, 1.807) is 6.20 Å². The van der Waals surface area contributed by atoms with E-state index in [4.69, 9.17) is 5.73 Å². The Bertz CT molecular complexity index is 1580. The summed E-state index contributed by atoms with van der Waals surface area (Å²) in [5.74, 6) is -2.34. The van der Waals surface area contributed by atoms with Gasteiger partial charge in [0.15, 0.2) is 0 Å². The third kappa shape index (κ3) is 9.69. The normalized spacial score (nSPS) is 13.7. The Morgan fingerprint density at radius 2 is 1.27 bits per heavy atom. The molecule has 0 aliphatic carbocycles. The van der Waals surface area contributed by atoms with Crippen LogP contribution in [0.25, 0.3) is 10.9 Å². The van der Waals surface area contributed by atoms with E-state index in [-0.39, 0.29) is 25.7 Å². The summed E-state index contributed by atoms with van der Waals surface area (Å²) >= 11 is 1.47. The Morgan fingerprint density at radius 3 is 1.89 bits per heavy atom. The highest BCUT2D eigenvalue weighted by Gasteiger charge is 2.31. The maximum Gasteiger partial charge on any atom is 0.326 e. The number of amides is 3. The first-order chi connectivity index (χ1) is 21.7. The van der Waals surface area contributed by atoms with Gasteiger partial charge < -0.3 is 31.8 Å². The fraction of sp³-hybridized carbons (Fsp3) is 0.294. The molecule has 0 radical (unpaired) electrons. The quantitative estimate of drug-likeness (QED) is 0.111. The summed E-state index contributed by atoms with van der Waals surface area (Å²) in [4.78, 5) is 55.8. The smallest absolute Gasteiger partial charge is 0.326 e. The van der Waals surface area contributed by atoms with Crippen LogP contribution in [0.5, 0.6) is 0 Å². The van der Waals surface area contributed by atoms with Crippen LogP contribution in [-0.4, -0.2) is 70.0 Å². The molecule has 1 heterocycles. The second-order valence-electron chi connectivity index (χ2n) is 10.9. The SMILES string of the molecule is CSCCC(NC(=O)C(Cc1ccccc1)NC(=O)C(Cc1c[nH]c2ccccc12)NC(=O)C(N)Cc1ccccc1)C(=O)O. The average molecular weight is 630 g/mol. The van der Waals surface area contributed by atoms with Crippen molar-refractivity contribution in [2.45, 2.75) is 49.9 Å². The second kappa shape index (κ2) is 16.5. The number of nitrogens with two attached hydrogens (primary N) is 1. The van der Waals surface area contributed by atoms with Crippen molar-refractivity contribution in [3.63, 3.8) is 0 Å². The van der Waals surface area contributed by atoms with E-state index in [0.717, 1.165) is 27.6 Å². The predicted octanol–water partition coefficient (Wildman–Crippen LogP) is 2.82. The van der Waals surface area contributed by atoms with E-state index in [2.05, 4.69) is 20.9 Å². The molecule has 45 heavy (non-hydrogen) atoms. The molecule has 4 unspecified atom stereocenters. The number of benzene rings is 3. The number of aromatic amines is 1. The summed E-state index contributed by atoms with van der Waals surface area (Å²) in [7, 11) is 0. The minimum atomic E-state index is -1.15. The number of rotatable bonds is 16. The molecule has 0 bridgehead atoms. The fourth-order valence-corrected chi connectivity index (χ4v) is 5.54. The number of carbonyl (C=O) groups is 4. The first kappa shape index (κ1) is 33.3. The zero-order valence-corrected chi connectivity index (χ0v) is 25.9. The molecule has 4 aromatic rings. The van der Waals surface area contributed by atoms with Crippen LogP contribution >= 0.6 is 11.8 Å². The standard InChI is InChI=1S/C34H39N5O5S/c1-45-17-16-28(34(43)44)37-32(41)29(19-23-12-6-3-7-13-23)39-33(42)30(20-24-21-36-27-15-9-8-14-25(24)27)38-31(40)26(35)18-22-10-4-2-5-11-22/h2-15,21,26,28-30,36H,16-20,35H2,1H3,(H,37,41)(H,38,40)(H,39,42)(H,43,44). The number of H-pyrrole nitrogens is 1. The molecule has 4 rings (SSSR count). The Kier molecular flexibility index (Phi) is 12.2. The van der Waals surface area contributed by atoms with Crippen LogP contribution in [0.2, 0.25) is 0 Å². The largest absolute Gasteiger partial charge is 0.480 e. The molecule has 3 amide bonds. The third-order valence-electron chi connectivity index (χ3n) is 7.51. The van der Waals surface area contributed by atoms with Gasteiger partial charge in [0, 0.05) is 29.9 Å². The van der Waals surface area contributed by atoms with Gasteiger partial charge in [-0.15, -0.1) is 0 Å². The summed E-state index contributed by atoms with van der Waals surface area (Å²) in [6, 6.07) is 21.9. The molecule has 0 saturated heterocycles. The van der Waals surface area contributed by atoms with Crippen molar-refractivity contribution >= 4 is 46.4 Å². The molecule has 0 fully saturated rings. The molecule has 236 valence electrons. The summed E-state index contributed by atoms with van der Waals surface area (Å²) in [5, 5.41) is 18.8. The van der Waals surface area contributed by atoms with E-state index < -0.39 is 47.9 Å². The Balaban J connectivity index is 1.58. The molecule has 0 spiro atoms. The third-order valence-corrected chi connectivity index (χ3v) is 8.15. The molecule has 10 nitrogen and oxygen atoms in total. The van der Waals surface area contributed by atoms with Crippen LogP contribution in [0.15, 0.2) is 91.1 Å². The van der Waals surface area contributed by atoms with Gasteiger partial charge in [0.2, 0.25) is 17.7 Å². The van der Waals surface area contributed by atoms with Crippen molar-refractivity contribution in [3.8, 4) is 0 Å². The van der Waals surface area contributed by atoms with Crippen molar-refractivity contribution in [2.24, 2.45) is 5.73 Å². The summed E-state index contributed by atoms with van der Waals surface area (Å²) < 4.78 is 0. The predicted molar refractivity (Wildman–Crippen MR) is 177 cm³/mol. The molecule has 0 aliphatic rings. The first-order valence-electron chi connectivity index (χ1n) is 14.8. The second-order valence-corrected chi connectivity index (χ2v) is 11.8. The maximum atomic E-state index is 13.9. The van der Waals surface area contributed by atoms with Crippen LogP contribution in [0, 0.1) is 0 Å². The highest BCUT2D eigenvalue weighted by atomic mass is 32.2. The monoisotopic (exact) mass is 629 g/mol. The zero-order chi connectivity index (χ0) is 32.2. The lowest BCUT2D eigenvalue weighted by atomic mass is 10.0. The molecule has 1 aromatic heterocycles. The van der Waals surface area contributed by atoms with Crippen molar-refractivity contribution in [2.75, 3.05) is 12.0 Å². The lowest BCUT2D eigenvalue weighted by Crippen LogP contribution is -2.58. The van der Waals surface area contributed by atoms with Crippen molar-refractivity contribution in [1.29, 1.82) is 0 Å². The number of hydrogen-bond donors (Lipinski definition) is 6. The number of carbonyl (C=O) groups excluding carboxylic acids is 3. The molecule has 3 aromatic carbocycles. The van der Waals surface area contributed by atoms with E-state index in [1.165, 1.54) is 11.8 Å². The molecular weight excluding hydrogens is 590 g/mol. The van der Waals surface area contributed by atoms with Gasteiger partial charge in [-0.3, -0.25) is 14.4 Å². The minimum Gasteiger partial charge on any atom is -0.480 e. The lowest BCUT2D eigenvalue weighted by molar-refractivity contribution is -0.142. The average Bonchev–Trinajstić information content (AvgIpc) is 3.45. The highest BCUT2D eigenvalue weighted by molar-refractivity contribution is 7.98. The molecule has 11 heteroatoms. The van der Waals surface area contributed by atoms with Gasteiger partial charge in [-0.2, -0.15) is 11.8 Å². The molecular formula is C34H39N5O5S. The number of carboxylic acid groups (broad SMARTS) is 1. The topological polar surface area (TPSA) is 166 Å². The lowest BCUT2D eigenvalue weighted by Gasteiger charge is -2.25. The highest BCUT2D eigenvalue weighted by Crippen LogP contribution is 2.19. The Morgan fingerprint density at radius 1 is 0.733 bits per heavy atom. The Hall–Kier alpha value is -4.61. The summed E-state index contributed by atoms with van der Waals surface area (Å²) in [6.07, 6.45) is 4.40. The van der Waals surface area contributed by atoms with Crippen molar-refractivity contribution in [3.05, 3.63) is 108 Å². The van der Waals surface area contributed by atoms with Crippen molar-refractivity contribution < 1.29 is 24.3 Å². The van der Waals surface area contributed by atoms with Crippen LogP contribution < -0.4 is 21.7 Å². The van der Waals surface area contributed by atoms with Gasteiger partial charge in [-0.05, 0) is 47.6 Å². The van der Waals surface area contributed by atoms with E-state index in [0.29, 0.717) is 5.75 Å². The van der Waals surface area contributed by atoms with E-state index >= 15 is 0 Å². The maximum absolute atomic E-state index is 13.9. The van der Waals surface area contributed by atoms with Gasteiger partial charge >= 0.3 is 5.97 Å². The number of thioether (sulfide) groups is 1. The van der Waals surface area contributed by atoms with Gasteiger partial charge in [0.1, 0.15) is 18.1 Å². The molecule has 0 aliphatic heterocycles. The number of para-hydroxylation sites is 1. The van der Waals surface area contributed by atoms with Gasteiger partial charge in [-0.1, -0.05) is 78.9 Å². The van der Waals surface area contributed by atoms with E-state index in [9.17, 15) is 24.3 Å². The number of hydrogen-bond acceptors (Lipinski definition) is 6. The summed E-state index contributed by atoms with van der Waals surface area (Å²) in [6.45, 7) is 0. The van der Waals surface area contributed by atoms with Gasteiger partial charge in [-0.25, -0.2) is 4.79 Å². The Labute approximate surface area is 266 Å². The van der Waals surface area contributed by atoms with Crippen LogP contribution in [0.1, 0.15) is 23.1 Å². The number of aliphatic carboxylic acids is 1. The van der Waals surface area contributed by atoms with Gasteiger partial charge in [0.05, 0.1) is 6.04 Å².